The van der Waals surface area contributed by atoms with Crippen molar-refractivity contribution < 1.29 is 9.59 Å². The third-order valence-corrected chi connectivity index (χ3v) is 5.86. The van der Waals surface area contributed by atoms with Crippen LogP contribution in [-0.4, -0.2) is 47.5 Å². The first kappa shape index (κ1) is 17.4. The number of anilines is 1. The van der Waals surface area contributed by atoms with Gasteiger partial charge in [-0.15, -0.1) is 0 Å². The second-order valence-electron chi connectivity index (χ2n) is 6.21. The summed E-state index contributed by atoms with van der Waals surface area (Å²) in [7, 11) is 0. The van der Waals surface area contributed by atoms with E-state index in [-0.39, 0.29) is 18.0 Å². The van der Waals surface area contributed by atoms with Gasteiger partial charge in [-0.3, -0.25) is 4.79 Å². The highest BCUT2D eigenvalue weighted by Gasteiger charge is 2.21. The quantitative estimate of drug-likeness (QED) is 0.858. The third kappa shape index (κ3) is 4.36. The predicted molar refractivity (Wildman–Crippen MR) is 99.1 cm³/mol. The summed E-state index contributed by atoms with van der Waals surface area (Å²) >= 11 is 8.01. The van der Waals surface area contributed by atoms with Crippen molar-refractivity contribution in [1.82, 2.24) is 10.2 Å². The molecule has 0 aliphatic carbocycles. The van der Waals surface area contributed by atoms with Gasteiger partial charge in [0.05, 0.1) is 10.7 Å². The van der Waals surface area contributed by atoms with E-state index in [1.807, 2.05) is 16.7 Å². The van der Waals surface area contributed by atoms with Crippen molar-refractivity contribution in [3.63, 3.8) is 0 Å². The van der Waals surface area contributed by atoms with Crippen LogP contribution in [0.4, 0.5) is 10.5 Å². The molecular formula is C17H22ClN3O2S. The van der Waals surface area contributed by atoms with Crippen LogP contribution in [0.5, 0.6) is 0 Å². The lowest BCUT2D eigenvalue weighted by molar-refractivity contribution is 0.0724. The van der Waals surface area contributed by atoms with E-state index in [0.717, 1.165) is 43.9 Å². The second-order valence-corrected chi connectivity index (χ2v) is 7.76. The molecular weight excluding hydrogens is 346 g/mol. The van der Waals surface area contributed by atoms with E-state index in [2.05, 4.69) is 10.6 Å². The van der Waals surface area contributed by atoms with Crippen molar-refractivity contribution in [1.29, 1.82) is 0 Å². The Hall–Kier alpha value is -1.40. The molecule has 130 valence electrons. The fourth-order valence-electron chi connectivity index (χ4n) is 3.03. The number of halogens is 1. The molecule has 1 atom stereocenters. The van der Waals surface area contributed by atoms with E-state index in [0.29, 0.717) is 16.3 Å². The van der Waals surface area contributed by atoms with Crippen molar-refractivity contribution in [2.24, 2.45) is 0 Å². The van der Waals surface area contributed by atoms with Gasteiger partial charge in [-0.25, -0.2) is 4.79 Å². The average Bonchev–Trinajstić information content (AvgIpc) is 3.10. The molecule has 2 saturated heterocycles. The summed E-state index contributed by atoms with van der Waals surface area (Å²) in [6.07, 6.45) is 4.26. The van der Waals surface area contributed by atoms with Crippen LogP contribution in [0.2, 0.25) is 5.02 Å². The van der Waals surface area contributed by atoms with Crippen LogP contribution in [0.25, 0.3) is 0 Å². The molecule has 2 aliphatic heterocycles. The lowest BCUT2D eigenvalue weighted by Gasteiger charge is -2.27. The maximum Gasteiger partial charge on any atom is 0.319 e. The molecule has 2 fully saturated rings. The summed E-state index contributed by atoms with van der Waals surface area (Å²) in [4.78, 5) is 26.6. The number of nitrogens with one attached hydrogen (secondary N) is 2. The lowest BCUT2D eigenvalue weighted by atomic mass is 10.1. The van der Waals surface area contributed by atoms with Crippen LogP contribution in [-0.2, 0) is 0 Å². The summed E-state index contributed by atoms with van der Waals surface area (Å²) in [5.41, 5.74) is 1.04. The van der Waals surface area contributed by atoms with Crippen LogP contribution in [0.1, 0.15) is 36.0 Å². The Bertz CT molecular complexity index is 614. The SMILES string of the molecule is O=C(Nc1cc(C(=O)N2CCCCC2)ccc1Cl)N[C@@H]1CCSC1. The van der Waals surface area contributed by atoms with Gasteiger partial charge in [0.15, 0.2) is 0 Å². The van der Waals surface area contributed by atoms with E-state index < -0.39 is 0 Å². The number of urea groups is 1. The highest BCUT2D eigenvalue weighted by molar-refractivity contribution is 7.99. The van der Waals surface area contributed by atoms with Gasteiger partial charge >= 0.3 is 6.03 Å². The van der Waals surface area contributed by atoms with Crippen molar-refractivity contribution in [2.75, 3.05) is 29.9 Å². The average molecular weight is 368 g/mol. The molecule has 2 aliphatic rings. The van der Waals surface area contributed by atoms with Gasteiger partial charge in [-0.2, -0.15) is 11.8 Å². The standard InChI is InChI=1S/C17H22ClN3O2S/c18-14-5-4-12(16(22)21-7-2-1-3-8-21)10-15(14)20-17(23)19-13-6-9-24-11-13/h4-5,10,13H,1-3,6-9,11H2,(H2,19,20,23)/t13-/m1/s1. The molecule has 0 bridgehead atoms. The molecule has 7 heteroatoms. The van der Waals surface area contributed by atoms with Crippen molar-refractivity contribution in [2.45, 2.75) is 31.7 Å². The largest absolute Gasteiger partial charge is 0.339 e. The van der Waals surface area contributed by atoms with Gasteiger partial charge < -0.3 is 15.5 Å². The number of rotatable bonds is 3. The van der Waals surface area contributed by atoms with Crippen molar-refractivity contribution >= 4 is 41.0 Å². The summed E-state index contributed by atoms with van der Waals surface area (Å²) in [5, 5.41) is 6.15. The normalized spacial score (nSPS) is 20.7. The fourth-order valence-corrected chi connectivity index (χ4v) is 4.34. The number of carbonyl (C=O) groups excluding carboxylic acids is 2. The van der Waals surface area contributed by atoms with E-state index in [1.54, 1.807) is 18.2 Å². The number of hydrogen-bond acceptors (Lipinski definition) is 3. The molecule has 0 unspecified atom stereocenters. The van der Waals surface area contributed by atoms with Gasteiger partial charge in [0.2, 0.25) is 0 Å². The Balaban J connectivity index is 1.66. The van der Waals surface area contributed by atoms with Gasteiger partial charge in [-0.05, 0) is 49.6 Å². The van der Waals surface area contributed by atoms with Crippen LogP contribution in [0.3, 0.4) is 0 Å². The summed E-state index contributed by atoms with van der Waals surface area (Å²) < 4.78 is 0. The molecule has 1 aromatic rings. The monoisotopic (exact) mass is 367 g/mol. The Morgan fingerprint density at radius 2 is 2.00 bits per heavy atom. The smallest absolute Gasteiger partial charge is 0.319 e. The van der Waals surface area contributed by atoms with E-state index >= 15 is 0 Å². The molecule has 0 radical (unpaired) electrons. The molecule has 3 amide bonds. The molecule has 0 aromatic heterocycles. The third-order valence-electron chi connectivity index (χ3n) is 4.37. The van der Waals surface area contributed by atoms with Gasteiger partial charge in [-0.1, -0.05) is 11.6 Å². The number of hydrogen-bond donors (Lipinski definition) is 2. The lowest BCUT2D eigenvalue weighted by Crippen LogP contribution is -2.38. The summed E-state index contributed by atoms with van der Waals surface area (Å²) in [6.45, 7) is 1.59. The zero-order valence-electron chi connectivity index (χ0n) is 13.5. The zero-order valence-corrected chi connectivity index (χ0v) is 15.1. The molecule has 24 heavy (non-hydrogen) atoms. The maximum absolute atomic E-state index is 12.6. The Morgan fingerprint density at radius 3 is 2.71 bits per heavy atom. The zero-order chi connectivity index (χ0) is 16.9. The number of benzene rings is 1. The molecule has 0 spiro atoms. The first-order valence-electron chi connectivity index (χ1n) is 8.37. The van der Waals surface area contributed by atoms with Gasteiger partial charge in [0, 0.05) is 30.4 Å². The molecule has 2 N–H and O–H groups in total. The second kappa shape index (κ2) is 8.12. The van der Waals surface area contributed by atoms with Crippen LogP contribution in [0, 0.1) is 0 Å². The van der Waals surface area contributed by atoms with E-state index in [4.69, 9.17) is 11.6 Å². The molecule has 2 heterocycles. The Labute approximate surface area is 151 Å². The number of nitrogens with zero attached hydrogens (tertiary/aromatic N) is 1. The minimum absolute atomic E-state index is 0.00187. The van der Waals surface area contributed by atoms with Crippen LogP contribution >= 0.6 is 23.4 Å². The molecule has 3 rings (SSSR count). The first-order chi connectivity index (χ1) is 11.6. The van der Waals surface area contributed by atoms with Crippen LogP contribution < -0.4 is 10.6 Å². The summed E-state index contributed by atoms with van der Waals surface area (Å²) in [6, 6.07) is 4.98. The number of amides is 3. The minimum atomic E-state index is -0.271. The summed E-state index contributed by atoms with van der Waals surface area (Å²) in [5.74, 6) is 2.02. The fraction of sp³-hybridized carbons (Fsp3) is 0.529. The maximum atomic E-state index is 12.6. The van der Waals surface area contributed by atoms with Crippen molar-refractivity contribution in [3.8, 4) is 0 Å². The van der Waals surface area contributed by atoms with Crippen LogP contribution in [0.15, 0.2) is 18.2 Å². The molecule has 1 aromatic carbocycles. The topological polar surface area (TPSA) is 61.4 Å². The predicted octanol–water partition coefficient (Wildman–Crippen LogP) is 3.59. The minimum Gasteiger partial charge on any atom is -0.339 e. The molecule has 0 saturated carbocycles. The number of carbonyl (C=O) groups is 2. The van der Waals surface area contributed by atoms with Gasteiger partial charge in [0.1, 0.15) is 0 Å². The molecule has 5 nitrogen and oxygen atoms in total. The van der Waals surface area contributed by atoms with Crippen molar-refractivity contribution in [3.05, 3.63) is 28.8 Å². The van der Waals surface area contributed by atoms with E-state index in [9.17, 15) is 9.59 Å². The Kier molecular flexibility index (Phi) is 5.89. The highest BCUT2D eigenvalue weighted by atomic mass is 35.5. The Morgan fingerprint density at radius 1 is 1.21 bits per heavy atom. The number of thioether (sulfide) groups is 1. The number of piperidine rings is 1. The first-order valence-corrected chi connectivity index (χ1v) is 9.91. The van der Waals surface area contributed by atoms with Gasteiger partial charge in [0.25, 0.3) is 5.91 Å². The van der Waals surface area contributed by atoms with E-state index in [1.165, 1.54) is 6.42 Å². The highest BCUT2D eigenvalue weighted by Crippen LogP contribution is 2.25. The number of likely N-dealkylation sites (tertiary alicyclic amines) is 1.